The number of nitrogens with one attached hydrogen (secondary N) is 1. The maximum Gasteiger partial charge on any atom is 0.124 e. The van der Waals surface area contributed by atoms with Gasteiger partial charge in [0.2, 0.25) is 0 Å². The summed E-state index contributed by atoms with van der Waals surface area (Å²) < 4.78 is 13.7. The van der Waals surface area contributed by atoms with Crippen molar-refractivity contribution in [1.82, 2.24) is 10.3 Å². The molecular formula is C11H17BrFN3. The van der Waals surface area contributed by atoms with Gasteiger partial charge in [-0.1, -0.05) is 22.0 Å². The number of hydrogen-bond acceptors (Lipinski definition) is 3. The number of likely N-dealkylation sites (N-methyl/N-ethyl adjacent to an activating group) is 1. The van der Waals surface area contributed by atoms with E-state index in [9.17, 15) is 4.39 Å². The van der Waals surface area contributed by atoms with Crippen molar-refractivity contribution in [2.75, 3.05) is 20.6 Å². The summed E-state index contributed by atoms with van der Waals surface area (Å²) in [5, 5.41) is 0. The van der Waals surface area contributed by atoms with Crippen molar-refractivity contribution in [3.05, 3.63) is 34.1 Å². The highest BCUT2D eigenvalue weighted by Gasteiger charge is 2.11. The molecular weight excluding hydrogens is 273 g/mol. The molecule has 0 aromatic heterocycles. The lowest BCUT2D eigenvalue weighted by Crippen LogP contribution is -2.43. The van der Waals surface area contributed by atoms with Crippen molar-refractivity contribution in [3.63, 3.8) is 0 Å². The maximum absolute atomic E-state index is 12.9. The number of benzene rings is 1. The third-order valence-electron chi connectivity index (χ3n) is 2.30. The van der Waals surface area contributed by atoms with Crippen molar-refractivity contribution >= 4 is 15.9 Å². The number of hydrogen-bond donors (Lipinski definition) is 2. The molecule has 0 saturated carbocycles. The molecule has 0 aliphatic heterocycles. The summed E-state index contributed by atoms with van der Waals surface area (Å²) in [4.78, 5) is 2.06. The molecule has 0 saturated heterocycles. The molecule has 1 atom stereocenters. The van der Waals surface area contributed by atoms with Crippen LogP contribution in [0.3, 0.4) is 0 Å². The van der Waals surface area contributed by atoms with Crippen molar-refractivity contribution < 1.29 is 4.39 Å². The zero-order valence-electron chi connectivity index (χ0n) is 9.50. The SMILES string of the molecule is CN(C)CC(Cc1ccc(F)cc1Br)NN. The standard InChI is InChI=1S/C11H17BrFN3/c1-16(2)7-10(15-14)5-8-3-4-9(13)6-11(8)12/h3-4,6,10,15H,5,7,14H2,1-2H3. The predicted octanol–water partition coefficient (Wildman–Crippen LogP) is 1.52. The van der Waals surface area contributed by atoms with Crippen LogP contribution < -0.4 is 11.3 Å². The summed E-state index contributed by atoms with van der Waals surface area (Å²) >= 11 is 3.35. The average molecular weight is 290 g/mol. The molecule has 0 heterocycles. The summed E-state index contributed by atoms with van der Waals surface area (Å²) in [7, 11) is 3.98. The average Bonchev–Trinajstić information content (AvgIpc) is 2.20. The summed E-state index contributed by atoms with van der Waals surface area (Å²) in [6.45, 7) is 0.834. The van der Waals surface area contributed by atoms with Crippen molar-refractivity contribution in [2.45, 2.75) is 12.5 Å². The lowest BCUT2D eigenvalue weighted by molar-refractivity contribution is 0.338. The molecule has 0 amide bonds. The van der Waals surface area contributed by atoms with Gasteiger partial charge in [0.25, 0.3) is 0 Å². The van der Waals surface area contributed by atoms with E-state index >= 15 is 0 Å². The van der Waals surface area contributed by atoms with Gasteiger partial charge in [-0.3, -0.25) is 11.3 Å². The number of rotatable bonds is 5. The second kappa shape index (κ2) is 6.30. The highest BCUT2D eigenvalue weighted by atomic mass is 79.9. The molecule has 0 fully saturated rings. The summed E-state index contributed by atoms with van der Waals surface area (Å²) in [5.74, 6) is 5.25. The van der Waals surface area contributed by atoms with E-state index in [4.69, 9.17) is 5.84 Å². The minimum absolute atomic E-state index is 0.150. The molecule has 0 radical (unpaired) electrons. The summed E-state index contributed by atoms with van der Waals surface area (Å²) in [6, 6.07) is 4.86. The molecule has 1 rings (SSSR count). The fraction of sp³-hybridized carbons (Fsp3) is 0.455. The number of hydrazine groups is 1. The van der Waals surface area contributed by atoms with Gasteiger partial charge >= 0.3 is 0 Å². The smallest absolute Gasteiger partial charge is 0.124 e. The molecule has 1 aromatic carbocycles. The van der Waals surface area contributed by atoms with Gasteiger partial charge in [0.15, 0.2) is 0 Å². The van der Waals surface area contributed by atoms with Crippen LogP contribution in [-0.2, 0) is 6.42 Å². The van der Waals surface area contributed by atoms with Crippen LogP contribution in [0.15, 0.2) is 22.7 Å². The zero-order valence-corrected chi connectivity index (χ0v) is 11.1. The van der Waals surface area contributed by atoms with Crippen LogP contribution >= 0.6 is 15.9 Å². The topological polar surface area (TPSA) is 41.3 Å². The van der Waals surface area contributed by atoms with Gasteiger partial charge in [-0.25, -0.2) is 4.39 Å². The van der Waals surface area contributed by atoms with Crippen LogP contribution in [0.5, 0.6) is 0 Å². The minimum atomic E-state index is -0.236. The van der Waals surface area contributed by atoms with Crippen LogP contribution in [0.4, 0.5) is 4.39 Å². The van der Waals surface area contributed by atoms with E-state index in [1.54, 1.807) is 6.07 Å². The predicted molar refractivity (Wildman–Crippen MR) is 67.5 cm³/mol. The molecule has 0 bridgehead atoms. The minimum Gasteiger partial charge on any atom is -0.308 e. The molecule has 0 aliphatic carbocycles. The quantitative estimate of drug-likeness (QED) is 0.638. The Morgan fingerprint density at radius 2 is 2.19 bits per heavy atom. The zero-order chi connectivity index (χ0) is 12.1. The van der Waals surface area contributed by atoms with Gasteiger partial charge in [-0.05, 0) is 38.2 Å². The second-order valence-electron chi connectivity index (χ2n) is 4.07. The van der Waals surface area contributed by atoms with Crippen molar-refractivity contribution in [3.8, 4) is 0 Å². The van der Waals surface area contributed by atoms with Crippen LogP contribution in [0.1, 0.15) is 5.56 Å². The highest BCUT2D eigenvalue weighted by molar-refractivity contribution is 9.10. The first-order valence-corrected chi connectivity index (χ1v) is 5.87. The normalized spacial score (nSPS) is 13.1. The lowest BCUT2D eigenvalue weighted by atomic mass is 10.1. The Morgan fingerprint density at radius 3 is 2.69 bits per heavy atom. The third-order valence-corrected chi connectivity index (χ3v) is 3.04. The van der Waals surface area contributed by atoms with E-state index in [2.05, 4.69) is 26.3 Å². The van der Waals surface area contributed by atoms with Crippen molar-refractivity contribution in [2.24, 2.45) is 5.84 Å². The number of nitrogens with zero attached hydrogens (tertiary/aromatic N) is 1. The molecule has 1 aromatic rings. The molecule has 3 nitrogen and oxygen atoms in total. The molecule has 0 aliphatic rings. The van der Waals surface area contributed by atoms with Crippen LogP contribution in [0.25, 0.3) is 0 Å². The van der Waals surface area contributed by atoms with Gasteiger partial charge in [0.1, 0.15) is 5.82 Å². The number of halogens is 2. The van der Waals surface area contributed by atoms with E-state index in [0.29, 0.717) is 0 Å². The molecule has 3 N–H and O–H groups in total. The number of nitrogens with two attached hydrogens (primary N) is 1. The van der Waals surface area contributed by atoms with Crippen LogP contribution in [0, 0.1) is 5.82 Å². The first-order valence-electron chi connectivity index (χ1n) is 5.07. The Labute approximate surface area is 104 Å². The van der Waals surface area contributed by atoms with Crippen LogP contribution in [0.2, 0.25) is 0 Å². The van der Waals surface area contributed by atoms with Crippen molar-refractivity contribution in [1.29, 1.82) is 0 Å². The van der Waals surface area contributed by atoms with Crippen LogP contribution in [-0.4, -0.2) is 31.6 Å². The Bertz CT molecular complexity index is 344. The fourth-order valence-corrected chi connectivity index (χ4v) is 2.08. The molecule has 1 unspecified atom stereocenters. The third kappa shape index (κ3) is 4.17. The summed E-state index contributed by atoms with van der Waals surface area (Å²) in [5.41, 5.74) is 3.81. The first kappa shape index (κ1) is 13.6. The Kier molecular flexibility index (Phi) is 5.34. The largest absolute Gasteiger partial charge is 0.308 e. The van der Waals surface area contributed by atoms with E-state index in [1.807, 2.05) is 14.1 Å². The summed E-state index contributed by atoms with van der Waals surface area (Å²) in [6.07, 6.45) is 0.759. The first-order chi connectivity index (χ1) is 7.52. The van der Waals surface area contributed by atoms with E-state index in [0.717, 1.165) is 23.0 Å². The molecule has 90 valence electrons. The Hall–Kier alpha value is -0.490. The highest BCUT2D eigenvalue weighted by Crippen LogP contribution is 2.19. The second-order valence-corrected chi connectivity index (χ2v) is 4.92. The van der Waals surface area contributed by atoms with E-state index < -0.39 is 0 Å². The molecule has 16 heavy (non-hydrogen) atoms. The van der Waals surface area contributed by atoms with Gasteiger partial charge in [-0.2, -0.15) is 0 Å². The fourth-order valence-electron chi connectivity index (χ4n) is 1.57. The van der Waals surface area contributed by atoms with Gasteiger partial charge in [-0.15, -0.1) is 0 Å². The van der Waals surface area contributed by atoms with Gasteiger partial charge in [0, 0.05) is 17.1 Å². The molecule has 5 heteroatoms. The van der Waals surface area contributed by atoms with E-state index in [-0.39, 0.29) is 11.9 Å². The lowest BCUT2D eigenvalue weighted by Gasteiger charge is -2.20. The van der Waals surface area contributed by atoms with Gasteiger partial charge in [0.05, 0.1) is 0 Å². The maximum atomic E-state index is 12.9. The monoisotopic (exact) mass is 289 g/mol. The molecule has 0 spiro atoms. The van der Waals surface area contributed by atoms with E-state index in [1.165, 1.54) is 12.1 Å². The van der Waals surface area contributed by atoms with Gasteiger partial charge < -0.3 is 4.90 Å². The Morgan fingerprint density at radius 1 is 1.50 bits per heavy atom. The Balaban J connectivity index is 2.70.